The third kappa shape index (κ3) is 3.64. The highest BCUT2D eigenvalue weighted by molar-refractivity contribution is 7.99. The predicted molar refractivity (Wildman–Crippen MR) is 112 cm³/mol. The molecule has 27 heavy (non-hydrogen) atoms. The molecule has 4 rings (SSSR count). The van der Waals surface area contributed by atoms with E-state index in [4.69, 9.17) is 9.72 Å². The molecule has 138 valence electrons. The number of thioether (sulfide) groups is 2. The molecule has 0 spiro atoms. The van der Waals surface area contributed by atoms with Gasteiger partial charge in [-0.3, -0.25) is 9.36 Å². The zero-order valence-corrected chi connectivity index (χ0v) is 16.8. The maximum Gasteiger partial charge on any atom is 0.272 e. The van der Waals surface area contributed by atoms with Crippen LogP contribution in [0.15, 0.2) is 69.4 Å². The van der Waals surface area contributed by atoms with Crippen molar-refractivity contribution in [2.45, 2.75) is 28.6 Å². The van der Waals surface area contributed by atoms with Crippen LogP contribution in [0.4, 0.5) is 0 Å². The second-order valence-electron chi connectivity index (χ2n) is 6.28. The fraction of sp³-hybridized carbons (Fsp3) is 0.238. The van der Waals surface area contributed by atoms with E-state index in [1.54, 1.807) is 35.2 Å². The fourth-order valence-corrected chi connectivity index (χ4v) is 5.19. The van der Waals surface area contributed by atoms with Crippen molar-refractivity contribution in [1.82, 2.24) is 9.55 Å². The summed E-state index contributed by atoms with van der Waals surface area (Å²) in [6.07, 6.45) is 0.849. The molecule has 1 aliphatic heterocycles. The largest absolute Gasteiger partial charge is 0.497 e. The lowest BCUT2D eigenvalue weighted by molar-refractivity contribution is 0.414. The monoisotopic (exact) mass is 396 g/mol. The summed E-state index contributed by atoms with van der Waals surface area (Å²) < 4.78 is 7.08. The molecule has 0 amide bonds. The Morgan fingerprint density at radius 2 is 2.00 bits per heavy atom. The lowest BCUT2D eigenvalue weighted by atomic mass is 10.2. The van der Waals surface area contributed by atoms with Gasteiger partial charge in [-0.05, 0) is 24.6 Å². The summed E-state index contributed by atoms with van der Waals surface area (Å²) in [4.78, 5) is 18.9. The zero-order chi connectivity index (χ0) is 18.8. The van der Waals surface area contributed by atoms with Crippen LogP contribution in [0.25, 0.3) is 5.69 Å². The number of aryl methyl sites for hydroxylation is 1. The van der Waals surface area contributed by atoms with Crippen LogP contribution in [0.1, 0.15) is 23.4 Å². The van der Waals surface area contributed by atoms with Crippen molar-refractivity contribution in [1.29, 1.82) is 0 Å². The van der Waals surface area contributed by atoms with Gasteiger partial charge < -0.3 is 4.74 Å². The summed E-state index contributed by atoms with van der Waals surface area (Å²) in [5.74, 6) is 1.64. The Balaban J connectivity index is 1.82. The van der Waals surface area contributed by atoms with Gasteiger partial charge in [0.15, 0.2) is 5.16 Å². The molecule has 0 aliphatic carbocycles. The standard InChI is InChI=1S/C21H20N2O2S2/c1-14(15-7-4-3-5-8-15)27-21-22-18-11-12-26-19(18)20(24)23(21)16-9-6-10-17(13-16)25-2/h3-10,13-14H,11-12H2,1-2H3/t14-/m0/s1. The van der Waals surface area contributed by atoms with Gasteiger partial charge in [-0.2, -0.15) is 0 Å². The molecule has 6 heteroatoms. The number of hydrogen-bond donors (Lipinski definition) is 0. The third-order valence-corrected chi connectivity index (χ3v) is 6.75. The van der Waals surface area contributed by atoms with E-state index in [1.165, 1.54) is 5.56 Å². The van der Waals surface area contributed by atoms with Crippen LogP contribution in [0, 0.1) is 0 Å². The first-order chi connectivity index (χ1) is 13.2. The van der Waals surface area contributed by atoms with Gasteiger partial charge in [0.1, 0.15) is 5.75 Å². The van der Waals surface area contributed by atoms with Crippen LogP contribution in [0.3, 0.4) is 0 Å². The Labute approximate surface area is 167 Å². The summed E-state index contributed by atoms with van der Waals surface area (Å²) in [6.45, 7) is 2.14. The molecule has 4 nitrogen and oxygen atoms in total. The Bertz CT molecular complexity index is 1020. The molecule has 0 fully saturated rings. The number of rotatable bonds is 5. The highest BCUT2D eigenvalue weighted by atomic mass is 32.2. The Morgan fingerprint density at radius 3 is 2.78 bits per heavy atom. The number of nitrogens with zero attached hydrogens (tertiary/aromatic N) is 2. The second kappa shape index (κ2) is 7.82. The van der Waals surface area contributed by atoms with E-state index in [0.29, 0.717) is 0 Å². The Morgan fingerprint density at radius 1 is 1.19 bits per heavy atom. The van der Waals surface area contributed by atoms with Crippen molar-refractivity contribution in [3.8, 4) is 11.4 Å². The summed E-state index contributed by atoms with van der Waals surface area (Å²) in [6, 6.07) is 17.9. The first kappa shape index (κ1) is 18.2. The van der Waals surface area contributed by atoms with Crippen molar-refractivity contribution >= 4 is 23.5 Å². The molecule has 1 atom stereocenters. The minimum atomic E-state index is 0.0125. The van der Waals surface area contributed by atoms with Crippen LogP contribution in [0.5, 0.6) is 5.75 Å². The summed E-state index contributed by atoms with van der Waals surface area (Å²) in [7, 11) is 1.63. The van der Waals surface area contributed by atoms with Crippen LogP contribution in [-0.2, 0) is 6.42 Å². The van der Waals surface area contributed by atoms with E-state index < -0.39 is 0 Å². The Hall–Kier alpha value is -2.18. The maximum atomic E-state index is 13.2. The van der Waals surface area contributed by atoms with Gasteiger partial charge in [0.05, 0.1) is 23.4 Å². The molecule has 0 N–H and O–H groups in total. The summed E-state index contributed by atoms with van der Waals surface area (Å²) in [5, 5.41) is 0.910. The summed E-state index contributed by atoms with van der Waals surface area (Å²) in [5.41, 5.74) is 2.93. The number of benzene rings is 2. The lowest BCUT2D eigenvalue weighted by Gasteiger charge is -2.17. The molecule has 1 aliphatic rings. The fourth-order valence-electron chi connectivity index (χ4n) is 3.10. The highest BCUT2D eigenvalue weighted by Gasteiger charge is 2.24. The van der Waals surface area contributed by atoms with Crippen molar-refractivity contribution < 1.29 is 4.74 Å². The average molecular weight is 397 g/mol. The number of hydrogen-bond acceptors (Lipinski definition) is 5. The quantitative estimate of drug-likeness (QED) is 0.460. The van der Waals surface area contributed by atoms with Gasteiger partial charge >= 0.3 is 0 Å². The van der Waals surface area contributed by atoms with Gasteiger partial charge in [-0.1, -0.05) is 48.2 Å². The van der Waals surface area contributed by atoms with Crippen molar-refractivity contribution in [2.75, 3.05) is 12.9 Å². The van der Waals surface area contributed by atoms with E-state index in [0.717, 1.165) is 39.4 Å². The van der Waals surface area contributed by atoms with Crippen molar-refractivity contribution in [3.63, 3.8) is 0 Å². The normalized spacial score (nSPS) is 14.0. The van der Waals surface area contributed by atoms with Gasteiger partial charge in [0.25, 0.3) is 5.56 Å². The SMILES string of the molecule is COc1cccc(-n2c(S[C@@H](C)c3ccccc3)nc3c(c2=O)SCC3)c1. The van der Waals surface area contributed by atoms with Crippen molar-refractivity contribution in [2.24, 2.45) is 0 Å². The van der Waals surface area contributed by atoms with Crippen LogP contribution in [0.2, 0.25) is 0 Å². The third-order valence-electron chi connectivity index (χ3n) is 4.53. The highest BCUT2D eigenvalue weighted by Crippen LogP contribution is 2.36. The molecule has 0 bridgehead atoms. The maximum absolute atomic E-state index is 13.2. The average Bonchev–Trinajstić information content (AvgIpc) is 3.18. The van der Waals surface area contributed by atoms with E-state index in [-0.39, 0.29) is 10.8 Å². The van der Waals surface area contributed by atoms with Gasteiger partial charge in [-0.15, -0.1) is 11.8 Å². The molecular formula is C21H20N2O2S2. The van der Waals surface area contributed by atoms with Gasteiger partial charge in [0, 0.05) is 23.5 Å². The first-order valence-corrected chi connectivity index (χ1v) is 10.7. The first-order valence-electron chi connectivity index (χ1n) is 8.82. The molecule has 0 saturated carbocycles. The smallest absolute Gasteiger partial charge is 0.272 e. The molecular weight excluding hydrogens is 376 g/mol. The topological polar surface area (TPSA) is 44.1 Å². The number of aromatic nitrogens is 2. The van der Waals surface area contributed by atoms with E-state index in [2.05, 4.69) is 19.1 Å². The molecule has 2 heterocycles. The van der Waals surface area contributed by atoms with Crippen molar-refractivity contribution in [3.05, 3.63) is 76.2 Å². The minimum Gasteiger partial charge on any atom is -0.497 e. The number of ether oxygens (including phenoxy) is 1. The molecule has 3 aromatic rings. The predicted octanol–water partition coefficient (Wildman–Crippen LogP) is 4.74. The molecule has 0 radical (unpaired) electrons. The van der Waals surface area contributed by atoms with E-state index >= 15 is 0 Å². The molecule has 1 aromatic heterocycles. The van der Waals surface area contributed by atoms with Crippen LogP contribution >= 0.6 is 23.5 Å². The molecule has 0 saturated heterocycles. The Kier molecular flexibility index (Phi) is 5.27. The van der Waals surface area contributed by atoms with E-state index in [9.17, 15) is 4.79 Å². The lowest BCUT2D eigenvalue weighted by Crippen LogP contribution is -2.24. The number of methoxy groups -OCH3 is 1. The number of fused-ring (bicyclic) bond motifs is 1. The van der Waals surface area contributed by atoms with Crippen LogP contribution < -0.4 is 10.3 Å². The summed E-state index contributed by atoms with van der Waals surface area (Å²) >= 11 is 3.21. The second-order valence-corrected chi connectivity index (χ2v) is 8.69. The molecule has 0 unspecified atom stereocenters. The minimum absolute atomic E-state index is 0.0125. The zero-order valence-electron chi connectivity index (χ0n) is 15.2. The molecule has 2 aromatic carbocycles. The van der Waals surface area contributed by atoms with E-state index in [1.807, 2.05) is 42.5 Å². The van der Waals surface area contributed by atoms with Gasteiger partial charge in [0.2, 0.25) is 0 Å². The van der Waals surface area contributed by atoms with Crippen LogP contribution in [-0.4, -0.2) is 22.4 Å². The van der Waals surface area contributed by atoms with Gasteiger partial charge in [-0.25, -0.2) is 4.98 Å².